The summed E-state index contributed by atoms with van der Waals surface area (Å²) in [6.45, 7) is 2.01. The number of aryl methyl sites for hydroxylation is 1. The van der Waals surface area contributed by atoms with E-state index in [0.717, 1.165) is 16.5 Å². The van der Waals surface area contributed by atoms with Gasteiger partial charge in [0.25, 0.3) is 0 Å². The molecule has 78 valence electrons. The Kier molecular flexibility index (Phi) is 2.43. The van der Waals surface area contributed by atoms with E-state index in [1.165, 1.54) is 0 Å². The summed E-state index contributed by atoms with van der Waals surface area (Å²) >= 11 is 0. The Balaban J connectivity index is 2.34. The van der Waals surface area contributed by atoms with Gasteiger partial charge in [0.15, 0.2) is 0 Å². The monoisotopic (exact) mass is 204 g/mol. The topological polar surface area (TPSA) is 68.3 Å². The number of carbonyl (C=O) groups excluding carboxylic acids is 1. The predicted molar refractivity (Wildman–Crippen MR) is 57.0 cm³/mol. The third kappa shape index (κ3) is 1.99. The predicted octanol–water partition coefficient (Wildman–Crippen LogP) is 1.27. The van der Waals surface area contributed by atoms with Gasteiger partial charge in [-0.3, -0.25) is 10.2 Å². The smallest absolute Gasteiger partial charge is 0.241 e. The standard InChI is InChI=1S/C11H12N2O2/c1-7-2-3-10-8(4-7)5-9(15-10)6-11(14)13-12/h2-5H,6,12H2,1H3,(H,13,14). The molecular weight excluding hydrogens is 192 g/mol. The third-order valence-electron chi connectivity index (χ3n) is 2.22. The number of fused-ring (bicyclic) bond motifs is 1. The van der Waals surface area contributed by atoms with Gasteiger partial charge in [-0.1, -0.05) is 11.6 Å². The van der Waals surface area contributed by atoms with Gasteiger partial charge in [0.1, 0.15) is 11.3 Å². The maximum Gasteiger partial charge on any atom is 0.241 e. The van der Waals surface area contributed by atoms with Gasteiger partial charge in [-0.15, -0.1) is 0 Å². The minimum absolute atomic E-state index is 0.171. The molecule has 1 aromatic carbocycles. The molecule has 0 saturated heterocycles. The van der Waals surface area contributed by atoms with E-state index in [0.29, 0.717) is 5.76 Å². The van der Waals surface area contributed by atoms with Crippen LogP contribution in [0.25, 0.3) is 11.0 Å². The van der Waals surface area contributed by atoms with Crippen molar-refractivity contribution in [3.05, 3.63) is 35.6 Å². The molecule has 0 spiro atoms. The fraction of sp³-hybridized carbons (Fsp3) is 0.182. The number of nitrogens with two attached hydrogens (primary N) is 1. The van der Waals surface area contributed by atoms with E-state index in [1.807, 2.05) is 31.2 Å². The second-order valence-electron chi connectivity index (χ2n) is 3.50. The molecule has 3 N–H and O–H groups in total. The van der Waals surface area contributed by atoms with E-state index in [-0.39, 0.29) is 12.3 Å². The lowest BCUT2D eigenvalue weighted by molar-refractivity contribution is -0.120. The van der Waals surface area contributed by atoms with Crippen molar-refractivity contribution in [2.24, 2.45) is 5.84 Å². The zero-order valence-electron chi connectivity index (χ0n) is 8.41. The van der Waals surface area contributed by atoms with E-state index in [2.05, 4.69) is 5.43 Å². The van der Waals surface area contributed by atoms with Crippen molar-refractivity contribution in [3.63, 3.8) is 0 Å². The number of hydrogen-bond acceptors (Lipinski definition) is 3. The van der Waals surface area contributed by atoms with Crippen LogP contribution in [0.5, 0.6) is 0 Å². The maximum absolute atomic E-state index is 11.0. The van der Waals surface area contributed by atoms with E-state index in [4.69, 9.17) is 10.3 Å². The van der Waals surface area contributed by atoms with Crippen LogP contribution in [-0.2, 0) is 11.2 Å². The minimum atomic E-state index is -0.259. The lowest BCUT2D eigenvalue weighted by Gasteiger charge is -1.93. The average molecular weight is 204 g/mol. The summed E-state index contributed by atoms with van der Waals surface area (Å²) in [5.41, 5.74) is 4.03. The van der Waals surface area contributed by atoms with Crippen molar-refractivity contribution in [2.45, 2.75) is 13.3 Å². The number of amides is 1. The van der Waals surface area contributed by atoms with Gasteiger partial charge in [0, 0.05) is 5.39 Å². The molecule has 1 aromatic heterocycles. The molecule has 0 saturated carbocycles. The second-order valence-corrected chi connectivity index (χ2v) is 3.50. The van der Waals surface area contributed by atoms with E-state index < -0.39 is 0 Å². The van der Waals surface area contributed by atoms with Crippen LogP contribution in [0.4, 0.5) is 0 Å². The first-order chi connectivity index (χ1) is 7.19. The summed E-state index contributed by atoms with van der Waals surface area (Å²) in [6.07, 6.45) is 0.171. The van der Waals surface area contributed by atoms with Crippen molar-refractivity contribution in [3.8, 4) is 0 Å². The van der Waals surface area contributed by atoms with Gasteiger partial charge in [-0.2, -0.15) is 0 Å². The molecule has 0 aliphatic carbocycles. The molecule has 2 rings (SSSR count). The quantitative estimate of drug-likeness (QED) is 0.440. The van der Waals surface area contributed by atoms with Gasteiger partial charge in [0.2, 0.25) is 5.91 Å². The molecule has 0 bridgehead atoms. The largest absolute Gasteiger partial charge is 0.461 e. The highest BCUT2D eigenvalue weighted by Gasteiger charge is 2.07. The lowest BCUT2D eigenvalue weighted by Crippen LogP contribution is -2.31. The number of rotatable bonds is 2. The normalized spacial score (nSPS) is 10.5. The van der Waals surface area contributed by atoms with Crippen LogP contribution < -0.4 is 11.3 Å². The second kappa shape index (κ2) is 3.74. The van der Waals surface area contributed by atoms with E-state index in [9.17, 15) is 4.79 Å². The minimum Gasteiger partial charge on any atom is -0.461 e. The van der Waals surface area contributed by atoms with Crippen molar-refractivity contribution in [1.82, 2.24) is 5.43 Å². The van der Waals surface area contributed by atoms with Gasteiger partial charge in [-0.25, -0.2) is 5.84 Å². The summed E-state index contributed by atoms with van der Waals surface area (Å²) in [5, 5.41) is 1.01. The van der Waals surface area contributed by atoms with E-state index >= 15 is 0 Å². The number of carbonyl (C=O) groups is 1. The molecule has 4 heteroatoms. The van der Waals surface area contributed by atoms with Crippen molar-refractivity contribution < 1.29 is 9.21 Å². The molecule has 0 atom stereocenters. The molecular formula is C11H12N2O2. The Hall–Kier alpha value is -1.81. The Labute approximate surface area is 87.0 Å². The molecule has 2 aromatic rings. The van der Waals surface area contributed by atoms with E-state index in [1.54, 1.807) is 0 Å². The highest BCUT2D eigenvalue weighted by molar-refractivity contribution is 5.82. The highest BCUT2D eigenvalue weighted by atomic mass is 16.3. The molecule has 15 heavy (non-hydrogen) atoms. The summed E-state index contributed by atoms with van der Waals surface area (Å²) < 4.78 is 5.48. The zero-order valence-corrected chi connectivity index (χ0v) is 8.41. The van der Waals surface area contributed by atoms with Crippen LogP contribution in [0.2, 0.25) is 0 Å². The van der Waals surface area contributed by atoms with Crippen LogP contribution >= 0.6 is 0 Å². The Morgan fingerprint density at radius 1 is 1.47 bits per heavy atom. The number of hydrogen-bond donors (Lipinski definition) is 2. The highest BCUT2D eigenvalue weighted by Crippen LogP contribution is 2.20. The number of nitrogens with one attached hydrogen (secondary N) is 1. The average Bonchev–Trinajstić information content (AvgIpc) is 2.59. The maximum atomic E-state index is 11.0. The van der Waals surface area contributed by atoms with Crippen molar-refractivity contribution in [2.75, 3.05) is 0 Å². The van der Waals surface area contributed by atoms with Gasteiger partial charge >= 0.3 is 0 Å². The Bertz CT molecular complexity index is 502. The molecule has 4 nitrogen and oxygen atoms in total. The number of furan rings is 1. The zero-order chi connectivity index (χ0) is 10.8. The summed E-state index contributed by atoms with van der Waals surface area (Å²) in [7, 11) is 0. The first kappa shape index (κ1) is 9.73. The van der Waals surface area contributed by atoms with Crippen LogP contribution in [0, 0.1) is 6.92 Å². The Morgan fingerprint density at radius 2 is 2.27 bits per heavy atom. The summed E-state index contributed by atoms with van der Waals surface area (Å²) in [6, 6.07) is 7.74. The number of hydrazine groups is 1. The SMILES string of the molecule is Cc1ccc2oc(CC(=O)NN)cc2c1. The molecule has 1 amide bonds. The molecule has 0 fully saturated rings. The summed E-state index contributed by atoms with van der Waals surface area (Å²) in [4.78, 5) is 11.0. The van der Waals surface area contributed by atoms with Crippen LogP contribution in [0.3, 0.4) is 0 Å². The molecule has 0 aliphatic heterocycles. The summed E-state index contributed by atoms with van der Waals surface area (Å²) in [5.74, 6) is 5.36. The first-order valence-electron chi connectivity index (χ1n) is 4.67. The lowest BCUT2D eigenvalue weighted by atomic mass is 10.2. The molecule has 0 unspecified atom stereocenters. The van der Waals surface area contributed by atoms with Crippen molar-refractivity contribution in [1.29, 1.82) is 0 Å². The molecule has 0 aliphatic rings. The van der Waals surface area contributed by atoms with Crippen LogP contribution in [0.1, 0.15) is 11.3 Å². The van der Waals surface area contributed by atoms with Crippen LogP contribution in [-0.4, -0.2) is 5.91 Å². The third-order valence-corrected chi connectivity index (χ3v) is 2.22. The first-order valence-corrected chi connectivity index (χ1v) is 4.67. The van der Waals surface area contributed by atoms with Crippen LogP contribution in [0.15, 0.2) is 28.7 Å². The number of benzene rings is 1. The fourth-order valence-electron chi connectivity index (χ4n) is 1.51. The van der Waals surface area contributed by atoms with Gasteiger partial charge < -0.3 is 4.42 Å². The molecule has 1 heterocycles. The van der Waals surface area contributed by atoms with Gasteiger partial charge in [0.05, 0.1) is 6.42 Å². The molecule has 0 radical (unpaired) electrons. The van der Waals surface area contributed by atoms with Crippen molar-refractivity contribution >= 4 is 16.9 Å². The Morgan fingerprint density at radius 3 is 3.00 bits per heavy atom. The fourth-order valence-corrected chi connectivity index (χ4v) is 1.51. The van der Waals surface area contributed by atoms with Gasteiger partial charge in [-0.05, 0) is 25.1 Å².